The second kappa shape index (κ2) is 7.13. The Morgan fingerprint density at radius 2 is 2.21 bits per heavy atom. The lowest BCUT2D eigenvalue weighted by atomic mass is 9.93. The first-order valence-electron chi connectivity index (χ1n) is 8.66. The third-order valence-corrected chi connectivity index (χ3v) is 5.38. The van der Waals surface area contributed by atoms with Gasteiger partial charge < -0.3 is 15.0 Å². The molecule has 1 aromatic heterocycles. The number of morpholine rings is 1. The van der Waals surface area contributed by atoms with Crippen LogP contribution >= 0.6 is 11.6 Å². The number of rotatable bonds is 4. The van der Waals surface area contributed by atoms with Crippen molar-refractivity contribution in [2.45, 2.75) is 31.8 Å². The number of ether oxygens (including phenoxy) is 1. The molecule has 1 aromatic carbocycles. The number of aromatic nitrogens is 2. The van der Waals surface area contributed by atoms with Crippen molar-refractivity contribution >= 4 is 17.3 Å². The number of anilines is 1. The van der Waals surface area contributed by atoms with E-state index in [2.05, 4.69) is 26.5 Å². The molecule has 0 radical (unpaired) electrons. The zero-order valence-corrected chi connectivity index (χ0v) is 14.5. The maximum Gasteiger partial charge on any atom is 0.0642 e. The zero-order valence-electron chi connectivity index (χ0n) is 13.7. The molecule has 2 aliphatic rings. The van der Waals surface area contributed by atoms with E-state index >= 15 is 0 Å². The van der Waals surface area contributed by atoms with Gasteiger partial charge in [-0.05, 0) is 37.0 Å². The van der Waals surface area contributed by atoms with Crippen LogP contribution in [0.5, 0.6) is 0 Å². The first-order valence-corrected chi connectivity index (χ1v) is 9.03. The highest BCUT2D eigenvalue weighted by molar-refractivity contribution is 6.31. The molecule has 128 valence electrons. The highest BCUT2D eigenvalue weighted by atomic mass is 35.5. The highest BCUT2D eigenvalue weighted by Gasteiger charge is 2.21. The Balaban J connectivity index is 1.46. The molecular weight excluding hydrogens is 324 g/mol. The molecule has 5 nitrogen and oxygen atoms in total. The van der Waals surface area contributed by atoms with Gasteiger partial charge in [-0.15, -0.1) is 0 Å². The van der Waals surface area contributed by atoms with E-state index in [1.165, 1.54) is 22.5 Å². The van der Waals surface area contributed by atoms with Crippen molar-refractivity contribution in [3.63, 3.8) is 0 Å². The van der Waals surface area contributed by atoms with Crippen molar-refractivity contribution in [1.82, 2.24) is 15.5 Å². The molecule has 4 rings (SSSR count). The Bertz CT molecular complexity index is 696. The number of aryl methyl sites for hydroxylation is 1. The number of H-pyrrole nitrogens is 1. The third-order valence-electron chi connectivity index (χ3n) is 5.03. The van der Waals surface area contributed by atoms with Crippen LogP contribution in [0.3, 0.4) is 0 Å². The van der Waals surface area contributed by atoms with Gasteiger partial charge in [0, 0.05) is 47.6 Å². The molecule has 2 aromatic rings. The summed E-state index contributed by atoms with van der Waals surface area (Å²) in [6, 6.07) is 6.67. The SMILES string of the molecule is Clc1cccc(N2CCOCC2)c1CNC1CCc2[nH]ncc2C1. The van der Waals surface area contributed by atoms with Gasteiger partial charge in [0.1, 0.15) is 0 Å². The fourth-order valence-corrected chi connectivity index (χ4v) is 3.90. The van der Waals surface area contributed by atoms with E-state index < -0.39 is 0 Å². The second-order valence-electron chi connectivity index (χ2n) is 6.53. The van der Waals surface area contributed by atoms with E-state index in [4.69, 9.17) is 16.3 Å². The maximum absolute atomic E-state index is 6.52. The molecule has 0 saturated carbocycles. The van der Waals surface area contributed by atoms with Crippen LogP contribution in [-0.2, 0) is 24.1 Å². The lowest BCUT2D eigenvalue weighted by Gasteiger charge is -2.31. The van der Waals surface area contributed by atoms with Crippen molar-refractivity contribution in [2.24, 2.45) is 0 Å². The van der Waals surface area contributed by atoms with E-state index in [-0.39, 0.29) is 0 Å². The Morgan fingerprint density at radius 1 is 1.33 bits per heavy atom. The van der Waals surface area contributed by atoms with Gasteiger partial charge in [0.25, 0.3) is 0 Å². The predicted molar refractivity (Wildman–Crippen MR) is 95.7 cm³/mol. The van der Waals surface area contributed by atoms with Crippen molar-refractivity contribution in [2.75, 3.05) is 31.2 Å². The summed E-state index contributed by atoms with van der Waals surface area (Å²) in [5.74, 6) is 0. The smallest absolute Gasteiger partial charge is 0.0642 e. The first-order chi connectivity index (χ1) is 11.8. The van der Waals surface area contributed by atoms with E-state index in [1.807, 2.05) is 18.3 Å². The number of halogens is 1. The Kier molecular flexibility index (Phi) is 4.74. The minimum Gasteiger partial charge on any atom is -0.378 e. The maximum atomic E-state index is 6.52. The summed E-state index contributed by atoms with van der Waals surface area (Å²) in [6.45, 7) is 4.21. The van der Waals surface area contributed by atoms with Crippen molar-refractivity contribution < 1.29 is 4.74 Å². The Hall–Kier alpha value is -1.56. The molecule has 1 aliphatic carbocycles. The Morgan fingerprint density at radius 3 is 3.08 bits per heavy atom. The normalized spacial score (nSPS) is 20.9. The van der Waals surface area contributed by atoms with E-state index in [9.17, 15) is 0 Å². The van der Waals surface area contributed by atoms with Gasteiger partial charge in [0.2, 0.25) is 0 Å². The van der Waals surface area contributed by atoms with Crippen LogP contribution in [0.4, 0.5) is 5.69 Å². The number of benzene rings is 1. The molecule has 1 fully saturated rings. The van der Waals surface area contributed by atoms with Crippen LogP contribution < -0.4 is 10.2 Å². The van der Waals surface area contributed by atoms with Crippen LogP contribution in [0.25, 0.3) is 0 Å². The van der Waals surface area contributed by atoms with E-state index in [0.717, 1.165) is 57.1 Å². The van der Waals surface area contributed by atoms with Crippen LogP contribution in [-0.4, -0.2) is 42.5 Å². The van der Waals surface area contributed by atoms with Crippen LogP contribution in [0, 0.1) is 0 Å². The zero-order chi connectivity index (χ0) is 16.4. The molecule has 1 aliphatic heterocycles. The van der Waals surface area contributed by atoms with E-state index in [0.29, 0.717) is 6.04 Å². The molecule has 24 heavy (non-hydrogen) atoms. The number of aromatic amines is 1. The van der Waals surface area contributed by atoms with Gasteiger partial charge in [-0.1, -0.05) is 17.7 Å². The molecule has 0 bridgehead atoms. The lowest BCUT2D eigenvalue weighted by molar-refractivity contribution is 0.122. The molecular formula is C18H23ClN4O. The molecule has 1 unspecified atom stereocenters. The predicted octanol–water partition coefficient (Wildman–Crippen LogP) is 2.55. The minimum absolute atomic E-state index is 0.476. The third kappa shape index (κ3) is 3.29. The molecule has 2 heterocycles. The van der Waals surface area contributed by atoms with Gasteiger partial charge in [0.05, 0.1) is 19.4 Å². The van der Waals surface area contributed by atoms with Crippen LogP contribution in [0.15, 0.2) is 24.4 Å². The average molecular weight is 347 g/mol. The van der Waals surface area contributed by atoms with Gasteiger partial charge in [0.15, 0.2) is 0 Å². The fraction of sp³-hybridized carbons (Fsp3) is 0.500. The molecule has 0 spiro atoms. The summed E-state index contributed by atoms with van der Waals surface area (Å²) >= 11 is 6.52. The van der Waals surface area contributed by atoms with E-state index in [1.54, 1.807) is 0 Å². The van der Waals surface area contributed by atoms with Crippen molar-refractivity contribution in [1.29, 1.82) is 0 Å². The molecule has 0 amide bonds. The summed E-state index contributed by atoms with van der Waals surface area (Å²) in [5.41, 5.74) is 5.06. The second-order valence-corrected chi connectivity index (χ2v) is 6.94. The summed E-state index contributed by atoms with van der Waals surface area (Å²) in [7, 11) is 0. The Labute approximate surface area is 147 Å². The molecule has 2 N–H and O–H groups in total. The quantitative estimate of drug-likeness (QED) is 0.893. The molecule has 6 heteroatoms. The van der Waals surface area contributed by atoms with Crippen LogP contribution in [0.2, 0.25) is 5.02 Å². The monoisotopic (exact) mass is 346 g/mol. The number of hydrogen-bond donors (Lipinski definition) is 2. The molecule has 1 atom stereocenters. The van der Waals surface area contributed by atoms with Gasteiger partial charge >= 0.3 is 0 Å². The number of hydrogen-bond acceptors (Lipinski definition) is 4. The summed E-state index contributed by atoms with van der Waals surface area (Å²) < 4.78 is 5.47. The number of nitrogens with one attached hydrogen (secondary N) is 2. The topological polar surface area (TPSA) is 53.2 Å². The number of nitrogens with zero attached hydrogens (tertiary/aromatic N) is 2. The van der Waals surface area contributed by atoms with Gasteiger partial charge in [-0.3, -0.25) is 5.10 Å². The fourth-order valence-electron chi connectivity index (χ4n) is 3.66. The average Bonchev–Trinajstić information content (AvgIpc) is 3.09. The lowest BCUT2D eigenvalue weighted by Crippen LogP contribution is -2.38. The minimum atomic E-state index is 0.476. The van der Waals surface area contributed by atoms with Crippen molar-refractivity contribution in [3.8, 4) is 0 Å². The molecule has 1 saturated heterocycles. The van der Waals surface area contributed by atoms with Crippen molar-refractivity contribution in [3.05, 3.63) is 46.2 Å². The van der Waals surface area contributed by atoms with Crippen LogP contribution in [0.1, 0.15) is 23.2 Å². The largest absolute Gasteiger partial charge is 0.378 e. The first kappa shape index (κ1) is 15.9. The standard InChI is InChI=1S/C18H23ClN4O/c19-16-2-1-3-18(23-6-8-24-9-7-23)15(16)12-20-14-4-5-17-13(10-14)11-21-22-17/h1-3,11,14,20H,4-10,12H2,(H,21,22). The summed E-state index contributed by atoms with van der Waals surface area (Å²) in [5, 5.41) is 11.8. The summed E-state index contributed by atoms with van der Waals surface area (Å²) in [4.78, 5) is 2.38. The summed E-state index contributed by atoms with van der Waals surface area (Å²) in [6.07, 6.45) is 5.18. The van der Waals surface area contributed by atoms with Gasteiger partial charge in [-0.2, -0.15) is 5.10 Å². The highest BCUT2D eigenvalue weighted by Crippen LogP contribution is 2.29. The number of fused-ring (bicyclic) bond motifs is 1. The van der Waals surface area contributed by atoms with Gasteiger partial charge in [-0.25, -0.2) is 0 Å².